The van der Waals surface area contributed by atoms with Gasteiger partial charge in [-0.05, 0) is 18.9 Å². The highest BCUT2D eigenvalue weighted by atomic mass is 35.5. The van der Waals surface area contributed by atoms with Crippen LogP contribution in [0, 0.1) is 0 Å². The van der Waals surface area contributed by atoms with Crippen molar-refractivity contribution in [2.24, 2.45) is 0 Å². The maximum Gasteiger partial charge on any atom is 0.140 e. The van der Waals surface area contributed by atoms with E-state index in [1.807, 2.05) is 17.8 Å². The van der Waals surface area contributed by atoms with Gasteiger partial charge in [0, 0.05) is 10.9 Å². The van der Waals surface area contributed by atoms with E-state index in [9.17, 15) is 0 Å². The Morgan fingerprint density at radius 2 is 2.12 bits per heavy atom. The lowest BCUT2D eigenvalue weighted by Crippen LogP contribution is -2.01. The second-order valence-corrected chi connectivity index (χ2v) is 5.69. The first-order valence-electron chi connectivity index (χ1n) is 5.79. The zero-order valence-corrected chi connectivity index (χ0v) is 11.7. The Morgan fingerprint density at radius 1 is 1.38 bits per heavy atom. The average molecular weight is 259 g/mol. The minimum absolute atomic E-state index is 0.568. The number of nitrogens with zero attached hydrogens (tertiary/aromatic N) is 2. The number of halogens is 1. The molecule has 0 amide bonds. The second-order valence-electron chi connectivity index (χ2n) is 3.88. The molecule has 0 aromatic carbocycles. The van der Waals surface area contributed by atoms with Crippen molar-refractivity contribution >= 4 is 23.4 Å². The van der Waals surface area contributed by atoms with E-state index in [1.165, 1.54) is 6.42 Å². The van der Waals surface area contributed by atoms with E-state index in [-0.39, 0.29) is 0 Å². The molecule has 0 radical (unpaired) electrons. The molecule has 0 saturated carbocycles. The Bertz CT molecular complexity index is 331. The van der Waals surface area contributed by atoms with Crippen LogP contribution in [-0.4, -0.2) is 15.2 Å². The van der Waals surface area contributed by atoms with Crippen LogP contribution in [0.15, 0.2) is 6.07 Å². The number of thioether (sulfide) groups is 1. The third kappa shape index (κ3) is 4.71. The van der Waals surface area contributed by atoms with Gasteiger partial charge in [0.25, 0.3) is 0 Å². The summed E-state index contributed by atoms with van der Waals surface area (Å²) in [4.78, 5) is 8.77. The Balaban J connectivity index is 2.64. The van der Waals surface area contributed by atoms with Crippen molar-refractivity contribution in [1.82, 2.24) is 9.97 Å². The standard InChI is InChI=1S/C12H19ClN2S/c1-4-6-10-7-11(13)15-12(14-10)8-16-9(3)5-2/h7,9H,4-6,8H2,1-3H3. The van der Waals surface area contributed by atoms with Gasteiger partial charge in [0.1, 0.15) is 11.0 Å². The molecule has 2 nitrogen and oxygen atoms in total. The number of aryl methyl sites for hydroxylation is 1. The van der Waals surface area contributed by atoms with Crippen LogP contribution in [-0.2, 0) is 12.2 Å². The van der Waals surface area contributed by atoms with Gasteiger partial charge < -0.3 is 0 Å². The second kappa shape index (κ2) is 7.13. The van der Waals surface area contributed by atoms with Crippen LogP contribution in [0.1, 0.15) is 45.1 Å². The number of hydrogen-bond acceptors (Lipinski definition) is 3. The van der Waals surface area contributed by atoms with Crippen molar-refractivity contribution < 1.29 is 0 Å². The molecule has 0 N–H and O–H groups in total. The summed E-state index contributed by atoms with van der Waals surface area (Å²) in [6.07, 6.45) is 3.24. The van der Waals surface area contributed by atoms with Gasteiger partial charge in [0.15, 0.2) is 0 Å². The van der Waals surface area contributed by atoms with Crippen molar-refractivity contribution in [1.29, 1.82) is 0 Å². The maximum absolute atomic E-state index is 5.97. The minimum Gasteiger partial charge on any atom is -0.237 e. The third-order valence-electron chi connectivity index (χ3n) is 2.37. The Kier molecular flexibility index (Phi) is 6.14. The molecule has 4 heteroatoms. The Labute approximate surface area is 107 Å². The summed E-state index contributed by atoms with van der Waals surface area (Å²) in [5.74, 6) is 1.72. The zero-order chi connectivity index (χ0) is 12.0. The minimum atomic E-state index is 0.568. The molecule has 0 saturated heterocycles. The van der Waals surface area contributed by atoms with Crippen LogP contribution < -0.4 is 0 Å². The average Bonchev–Trinajstić information content (AvgIpc) is 2.25. The van der Waals surface area contributed by atoms with E-state index in [0.717, 1.165) is 30.1 Å². The third-order valence-corrected chi connectivity index (χ3v) is 3.89. The fourth-order valence-corrected chi connectivity index (χ4v) is 2.32. The van der Waals surface area contributed by atoms with Gasteiger partial charge in [-0.25, -0.2) is 9.97 Å². The summed E-state index contributed by atoms with van der Waals surface area (Å²) in [5.41, 5.74) is 1.06. The topological polar surface area (TPSA) is 25.8 Å². The van der Waals surface area contributed by atoms with Gasteiger partial charge in [-0.15, -0.1) is 0 Å². The molecule has 16 heavy (non-hydrogen) atoms. The first kappa shape index (κ1) is 13.8. The summed E-state index contributed by atoms with van der Waals surface area (Å²) in [6.45, 7) is 6.56. The monoisotopic (exact) mass is 258 g/mol. The molecule has 1 rings (SSSR count). The Hall–Kier alpha value is -0.280. The van der Waals surface area contributed by atoms with Gasteiger partial charge in [0.2, 0.25) is 0 Å². The molecular formula is C12H19ClN2S. The molecule has 90 valence electrons. The van der Waals surface area contributed by atoms with Crippen LogP contribution in [0.3, 0.4) is 0 Å². The lowest BCUT2D eigenvalue weighted by Gasteiger charge is -2.08. The highest BCUT2D eigenvalue weighted by Gasteiger charge is 2.05. The van der Waals surface area contributed by atoms with E-state index < -0.39 is 0 Å². The summed E-state index contributed by atoms with van der Waals surface area (Å²) in [6, 6.07) is 1.86. The predicted molar refractivity (Wildman–Crippen MR) is 72.1 cm³/mol. The lowest BCUT2D eigenvalue weighted by atomic mass is 10.2. The molecule has 1 heterocycles. The van der Waals surface area contributed by atoms with E-state index in [4.69, 9.17) is 11.6 Å². The lowest BCUT2D eigenvalue weighted by molar-refractivity contribution is 0.850. The molecule has 1 unspecified atom stereocenters. The summed E-state index contributed by atoms with van der Waals surface area (Å²) < 4.78 is 0. The van der Waals surface area contributed by atoms with Crippen molar-refractivity contribution in [2.75, 3.05) is 0 Å². The van der Waals surface area contributed by atoms with E-state index >= 15 is 0 Å². The van der Waals surface area contributed by atoms with Gasteiger partial charge in [-0.2, -0.15) is 11.8 Å². The molecule has 1 atom stereocenters. The SMILES string of the molecule is CCCc1cc(Cl)nc(CSC(C)CC)n1. The van der Waals surface area contributed by atoms with Gasteiger partial charge >= 0.3 is 0 Å². The van der Waals surface area contributed by atoms with Crippen molar-refractivity contribution in [3.05, 3.63) is 22.7 Å². The first-order chi connectivity index (χ1) is 7.65. The van der Waals surface area contributed by atoms with Crippen molar-refractivity contribution in [3.63, 3.8) is 0 Å². The highest BCUT2D eigenvalue weighted by molar-refractivity contribution is 7.99. The fourth-order valence-electron chi connectivity index (χ4n) is 1.30. The fraction of sp³-hybridized carbons (Fsp3) is 0.667. The predicted octanol–water partition coefficient (Wildman–Crippen LogP) is 4.11. The van der Waals surface area contributed by atoms with Crippen LogP contribution in [0.2, 0.25) is 5.15 Å². The molecule has 1 aromatic heterocycles. The van der Waals surface area contributed by atoms with Gasteiger partial charge in [-0.1, -0.05) is 38.8 Å². The molecule has 1 aromatic rings. The van der Waals surface area contributed by atoms with Gasteiger partial charge in [-0.3, -0.25) is 0 Å². The zero-order valence-electron chi connectivity index (χ0n) is 10.2. The molecule has 0 fully saturated rings. The molecule has 0 aliphatic carbocycles. The quantitative estimate of drug-likeness (QED) is 0.718. The van der Waals surface area contributed by atoms with Crippen molar-refractivity contribution in [2.45, 2.75) is 51.0 Å². The van der Waals surface area contributed by atoms with E-state index in [2.05, 4.69) is 30.7 Å². The number of rotatable bonds is 6. The van der Waals surface area contributed by atoms with Crippen LogP contribution in [0.4, 0.5) is 0 Å². The largest absolute Gasteiger partial charge is 0.237 e. The van der Waals surface area contributed by atoms with Crippen LogP contribution >= 0.6 is 23.4 Å². The molecule has 0 spiro atoms. The smallest absolute Gasteiger partial charge is 0.140 e. The summed E-state index contributed by atoms with van der Waals surface area (Å²) in [5, 5.41) is 1.22. The van der Waals surface area contributed by atoms with Crippen LogP contribution in [0.5, 0.6) is 0 Å². The number of aromatic nitrogens is 2. The van der Waals surface area contributed by atoms with E-state index in [1.54, 1.807) is 0 Å². The maximum atomic E-state index is 5.97. The number of hydrogen-bond donors (Lipinski definition) is 0. The normalized spacial score (nSPS) is 12.8. The highest BCUT2D eigenvalue weighted by Crippen LogP contribution is 2.19. The molecule has 0 aliphatic heterocycles. The molecule has 0 bridgehead atoms. The molecular weight excluding hydrogens is 240 g/mol. The Morgan fingerprint density at radius 3 is 2.75 bits per heavy atom. The van der Waals surface area contributed by atoms with Crippen LogP contribution in [0.25, 0.3) is 0 Å². The first-order valence-corrected chi connectivity index (χ1v) is 7.22. The molecule has 0 aliphatic rings. The summed E-state index contributed by atoms with van der Waals surface area (Å²) >= 11 is 7.86. The summed E-state index contributed by atoms with van der Waals surface area (Å²) in [7, 11) is 0. The van der Waals surface area contributed by atoms with E-state index in [0.29, 0.717) is 10.4 Å². The van der Waals surface area contributed by atoms with Gasteiger partial charge in [0.05, 0.1) is 5.75 Å². The van der Waals surface area contributed by atoms with Crippen molar-refractivity contribution in [3.8, 4) is 0 Å².